The van der Waals surface area contributed by atoms with Crippen LogP contribution in [0.4, 0.5) is 0 Å². The van der Waals surface area contributed by atoms with Crippen LogP contribution in [0.2, 0.25) is 0 Å². The lowest BCUT2D eigenvalue weighted by molar-refractivity contribution is -0.154. The monoisotopic (exact) mass is 242 g/mol. The molecule has 0 spiro atoms. The maximum atomic E-state index is 11.6. The van der Waals surface area contributed by atoms with Crippen LogP contribution in [0.1, 0.15) is 59.8 Å². The van der Waals surface area contributed by atoms with Gasteiger partial charge in [-0.05, 0) is 44.4 Å². The number of carboxylic acid groups (broad SMARTS) is 1. The summed E-state index contributed by atoms with van der Waals surface area (Å²) in [5.74, 6) is -0.136. The Morgan fingerprint density at radius 3 is 2.47 bits per heavy atom. The van der Waals surface area contributed by atoms with Crippen LogP contribution in [0.3, 0.4) is 0 Å². The van der Waals surface area contributed by atoms with Gasteiger partial charge in [0.15, 0.2) is 0 Å². The zero-order valence-electron chi connectivity index (χ0n) is 11.5. The minimum atomic E-state index is -0.888. The number of aliphatic carboxylic acids is 1. The Kier molecular flexibility index (Phi) is 4.23. The van der Waals surface area contributed by atoms with Crippen molar-refractivity contribution in [3.63, 3.8) is 0 Å². The average Bonchev–Trinajstić information content (AvgIpc) is 2.61. The summed E-state index contributed by atoms with van der Waals surface area (Å²) in [6.45, 7) is 7.77. The number of carbonyl (C=O) groups is 1. The zero-order chi connectivity index (χ0) is 13.3. The summed E-state index contributed by atoms with van der Waals surface area (Å²) in [5.41, 5.74) is -1.59. The molecule has 0 aliphatic heterocycles. The van der Waals surface area contributed by atoms with Crippen LogP contribution in [0, 0.1) is 17.3 Å². The van der Waals surface area contributed by atoms with E-state index < -0.39 is 17.0 Å². The Labute approximate surface area is 104 Å². The van der Waals surface area contributed by atoms with Gasteiger partial charge in [0, 0.05) is 0 Å². The molecule has 1 aliphatic carbocycles. The van der Waals surface area contributed by atoms with Crippen molar-refractivity contribution in [2.45, 2.75) is 65.4 Å². The summed E-state index contributed by atoms with van der Waals surface area (Å²) in [6, 6.07) is 0. The molecule has 1 rings (SSSR count). The van der Waals surface area contributed by atoms with Crippen LogP contribution in [0.25, 0.3) is 0 Å². The smallest absolute Gasteiger partial charge is 0.309 e. The second kappa shape index (κ2) is 4.97. The van der Waals surface area contributed by atoms with Gasteiger partial charge in [0.05, 0.1) is 11.0 Å². The topological polar surface area (TPSA) is 57.5 Å². The highest BCUT2D eigenvalue weighted by Gasteiger charge is 2.49. The molecular formula is C14H26O3. The predicted octanol–water partition coefficient (Wildman–Crippen LogP) is 3.06. The van der Waals surface area contributed by atoms with Gasteiger partial charge < -0.3 is 10.2 Å². The van der Waals surface area contributed by atoms with Crippen molar-refractivity contribution in [1.29, 1.82) is 0 Å². The fraction of sp³-hybridized carbons (Fsp3) is 0.929. The van der Waals surface area contributed by atoms with Crippen LogP contribution in [0.5, 0.6) is 0 Å². The van der Waals surface area contributed by atoms with Crippen LogP contribution in [-0.4, -0.2) is 21.8 Å². The summed E-state index contributed by atoms with van der Waals surface area (Å²) >= 11 is 0. The van der Waals surface area contributed by atoms with Crippen LogP contribution in [-0.2, 0) is 4.79 Å². The second-order valence-corrected chi connectivity index (χ2v) is 6.29. The first kappa shape index (κ1) is 14.5. The molecule has 1 aliphatic rings. The normalized spacial score (nSPS) is 32.7. The molecule has 1 saturated carbocycles. The lowest BCUT2D eigenvalue weighted by Gasteiger charge is -2.36. The summed E-state index contributed by atoms with van der Waals surface area (Å²) in [6.07, 6.45) is 3.84. The van der Waals surface area contributed by atoms with Gasteiger partial charge in [0.2, 0.25) is 0 Å². The van der Waals surface area contributed by atoms with Crippen molar-refractivity contribution in [3.8, 4) is 0 Å². The summed E-state index contributed by atoms with van der Waals surface area (Å²) in [7, 11) is 0. The summed E-state index contributed by atoms with van der Waals surface area (Å²) in [4.78, 5) is 11.6. The predicted molar refractivity (Wildman–Crippen MR) is 67.8 cm³/mol. The molecule has 0 heterocycles. The van der Waals surface area contributed by atoms with E-state index in [-0.39, 0.29) is 5.92 Å². The van der Waals surface area contributed by atoms with Crippen molar-refractivity contribution in [2.24, 2.45) is 17.3 Å². The highest BCUT2D eigenvalue weighted by molar-refractivity contribution is 5.75. The number of hydrogen-bond donors (Lipinski definition) is 2. The number of aliphatic hydroxyl groups is 1. The molecule has 0 bridgehead atoms. The van der Waals surface area contributed by atoms with Crippen molar-refractivity contribution in [1.82, 2.24) is 0 Å². The SMILES string of the molecule is CCC1CCC(CC(C)(O)C(C)C)(C(=O)O)C1. The lowest BCUT2D eigenvalue weighted by Crippen LogP contribution is -2.41. The van der Waals surface area contributed by atoms with E-state index in [0.29, 0.717) is 18.8 Å². The van der Waals surface area contributed by atoms with E-state index in [1.165, 1.54) is 0 Å². The first-order valence-corrected chi connectivity index (χ1v) is 6.69. The van der Waals surface area contributed by atoms with Gasteiger partial charge in [0.1, 0.15) is 0 Å². The average molecular weight is 242 g/mol. The number of hydrogen-bond acceptors (Lipinski definition) is 2. The van der Waals surface area contributed by atoms with Gasteiger partial charge in [-0.3, -0.25) is 4.79 Å². The fourth-order valence-electron chi connectivity index (χ4n) is 2.91. The maximum absolute atomic E-state index is 11.6. The van der Waals surface area contributed by atoms with Crippen LogP contribution >= 0.6 is 0 Å². The number of rotatable bonds is 5. The third kappa shape index (κ3) is 3.01. The zero-order valence-corrected chi connectivity index (χ0v) is 11.5. The Hall–Kier alpha value is -0.570. The van der Waals surface area contributed by atoms with Gasteiger partial charge in [-0.1, -0.05) is 27.2 Å². The van der Waals surface area contributed by atoms with Gasteiger partial charge in [0.25, 0.3) is 0 Å². The van der Waals surface area contributed by atoms with Crippen LogP contribution in [0.15, 0.2) is 0 Å². The highest BCUT2D eigenvalue weighted by atomic mass is 16.4. The quantitative estimate of drug-likeness (QED) is 0.779. The standard InChI is InChI=1S/C14H26O3/c1-5-11-6-7-14(8-11,12(15)16)9-13(4,17)10(2)3/h10-11,17H,5-9H2,1-4H3,(H,15,16). The molecule has 0 radical (unpaired) electrons. The third-order valence-corrected chi connectivity index (χ3v) is 4.68. The molecule has 3 unspecified atom stereocenters. The van der Waals surface area contributed by atoms with E-state index in [4.69, 9.17) is 0 Å². The highest BCUT2D eigenvalue weighted by Crippen LogP contribution is 2.49. The van der Waals surface area contributed by atoms with Gasteiger partial charge in [-0.15, -0.1) is 0 Å². The van der Waals surface area contributed by atoms with E-state index in [1.807, 2.05) is 13.8 Å². The third-order valence-electron chi connectivity index (χ3n) is 4.68. The van der Waals surface area contributed by atoms with Gasteiger partial charge in [-0.25, -0.2) is 0 Å². The Bertz CT molecular complexity index is 283. The molecule has 1 fully saturated rings. The minimum absolute atomic E-state index is 0.0828. The molecule has 3 nitrogen and oxygen atoms in total. The Balaban J connectivity index is 2.85. The van der Waals surface area contributed by atoms with Crippen molar-refractivity contribution >= 4 is 5.97 Å². The molecule has 0 saturated heterocycles. The van der Waals surface area contributed by atoms with E-state index in [1.54, 1.807) is 6.92 Å². The van der Waals surface area contributed by atoms with E-state index >= 15 is 0 Å². The number of carboxylic acids is 1. The van der Waals surface area contributed by atoms with E-state index in [0.717, 1.165) is 19.3 Å². The van der Waals surface area contributed by atoms with Gasteiger partial charge in [-0.2, -0.15) is 0 Å². The maximum Gasteiger partial charge on any atom is 0.309 e. The largest absolute Gasteiger partial charge is 0.481 e. The van der Waals surface area contributed by atoms with Crippen molar-refractivity contribution in [3.05, 3.63) is 0 Å². The fourth-order valence-corrected chi connectivity index (χ4v) is 2.91. The van der Waals surface area contributed by atoms with Crippen molar-refractivity contribution in [2.75, 3.05) is 0 Å². The first-order valence-electron chi connectivity index (χ1n) is 6.69. The minimum Gasteiger partial charge on any atom is -0.481 e. The van der Waals surface area contributed by atoms with Gasteiger partial charge >= 0.3 is 5.97 Å². The van der Waals surface area contributed by atoms with Crippen molar-refractivity contribution < 1.29 is 15.0 Å². The summed E-state index contributed by atoms with van der Waals surface area (Å²) in [5, 5.41) is 19.9. The lowest BCUT2D eigenvalue weighted by atomic mass is 9.72. The van der Waals surface area contributed by atoms with E-state index in [2.05, 4.69) is 6.92 Å². The summed E-state index contributed by atoms with van der Waals surface area (Å²) < 4.78 is 0. The molecule has 2 N–H and O–H groups in total. The molecule has 0 aromatic rings. The van der Waals surface area contributed by atoms with E-state index in [9.17, 15) is 15.0 Å². The Morgan fingerprint density at radius 2 is 2.12 bits per heavy atom. The molecule has 0 aromatic heterocycles. The molecule has 3 heteroatoms. The molecular weight excluding hydrogens is 216 g/mol. The van der Waals surface area contributed by atoms with Crippen LogP contribution < -0.4 is 0 Å². The first-order chi connectivity index (χ1) is 7.73. The molecule has 17 heavy (non-hydrogen) atoms. The molecule has 0 amide bonds. The molecule has 100 valence electrons. The second-order valence-electron chi connectivity index (χ2n) is 6.29. The molecule has 3 atom stereocenters. The Morgan fingerprint density at radius 1 is 1.53 bits per heavy atom. The molecule has 0 aromatic carbocycles.